The Morgan fingerprint density at radius 1 is 0.818 bits per heavy atom. The normalized spacial score (nSPS) is 8.86. The van der Waals surface area contributed by atoms with E-state index < -0.39 is 36.4 Å². The minimum absolute atomic E-state index is 1.00. The second kappa shape index (κ2) is 19.2. The molecular formula is C12H29N3O7. The fourth-order valence-corrected chi connectivity index (χ4v) is 0.684. The first-order valence-electron chi connectivity index (χ1n) is 6.73. The van der Waals surface area contributed by atoms with Gasteiger partial charge in [0.2, 0.25) is 0 Å². The van der Waals surface area contributed by atoms with Gasteiger partial charge in [-0.3, -0.25) is 0 Å². The minimum Gasteiger partial charge on any atom is -0.550 e. The number of carbonyl (C=O) groups excluding carboxylic acids is 3. The van der Waals surface area contributed by atoms with Crippen molar-refractivity contribution in [2.24, 2.45) is 0 Å². The maximum absolute atomic E-state index is 10.1. The van der Waals surface area contributed by atoms with Gasteiger partial charge in [-0.15, -0.1) is 0 Å². The molecule has 0 aliphatic rings. The minimum atomic E-state index is -2.97. The monoisotopic (exact) mass is 327 g/mol. The van der Waals surface area contributed by atoms with Crippen molar-refractivity contribution < 1.29 is 52.0 Å². The zero-order valence-corrected chi connectivity index (χ0v) is 13.6. The van der Waals surface area contributed by atoms with E-state index in [-0.39, 0.29) is 0 Å². The number of aliphatic carboxylic acids is 3. The third-order valence-electron chi connectivity index (χ3n) is 1.25. The molecule has 0 aromatic heterocycles. The fraction of sp³-hybridized carbons (Fsp3) is 0.750. The van der Waals surface area contributed by atoms with Gasteiger partial charge in [-0.1, -0.05) is 0 Å². The standard InChI is InChI=1S/C6H8O7.3C2H7N/c7-3(8)1-6(13,5(11)12)2-4(9)10;3*1-2-3/h13H,1-2H2,(H,7,8)(H,9,10)(H,11,12);3*2-3H2,1H3. The first-order valence-corrected chi connectivity index (χ1v) is 6.73. The van der Waals surface area contributed by atoms with Crippen LogP contribution in [0.3, 0.4) is 0 Å². The van der Waals surface area contributed by atoms with Gasteiger partial charge in [-0.05, 0) is 20.8 Å². The lowest BCUT2D eigenvalue weighted by Gasteiger charge is -2.29. The fourth-order valence-electron chi connectivity index (χ4n) is 0.684. The molecular weight excluding hydrogens is 298 g/mol. The molecule has 0 bridgehead atoms. The van der Waals surface area contributed by atoms with Gasteiger partial charge in [0.1, 0.15) is 5.60 Å². The van der Waals surface area contributed by atoms with Crippen molar-refractivity contribution in [3.63, 3.8) is 0 Å². The number of quaternary nitrogens is 3. The van der Waals surface area contributed by atoms with Crippen LogP contribution in [0.1, 0.15) is 33.6 Å². The molecule has 10 nitrogen and oxygen atoms in total. The highest BCUT2D eigenvalue weighted by molar-refractivity contribution is 5.86. The Labute approximate surface area is 129 Å². The molecule has 134 valence electrons. The van der Waals surface area contributed by atoms with E-state index >= 15 is 0 Å². The Morgan fingerprint density at radius 3 is 1.09 bits per heavy atom. The molecule has 10 heteroatoms. The molecule has 0 unspecified atom stereocenters. The highest BCUT2D eigenvalue weighted by Gasteiger charge is 2.29. The summed E-state index contributed by atoms with van der Waals surface area (Å²) in [5, 5.41) is 38.9. The molecule has 10 N–H and O–H groups in total. The van der Waals surface area contributed by atoms with Crippen molar-refractivity contribution in [1.29, 1.82) is 0 Å². The Hall–Kier alpha value is -1.75. The van der Waals surface area contributed by atoms with Crippen LogP contribution in [0.15, 0.2) is 0 Å². The molecule has 0 saturated heterocycles. The largest absolute Gasteiger partial charge is 0.550 e. The number of rotatable bonds is 5. The highest BCUT2D eigenvalue weighted by atomic mass is 16.4. The van der Waals surface area contributed by atoms with Crippen molar-refractivity contribution in [3.8, 4) is 0 Å². The van der Waals surface area contributed by atoms with Gasteiger partial charge in [0.15, 0.2) is 0 Å². The van der Waals surface area contributed by atoms with Gasteiger partial charge >= 0.3 is 0 Å². The van der Waals surface area contributed by atoms with Crippen LogP contribution in [0.4, 0.5) is 0 Å². The number of carboxylic acid groups (broad SMARTS) is 3. The summed E-state index contributed by atoms with van der Waals surface area (Å²) in [5.74, 6) is -5.98. The lowest BCUT2D eigenvalue weighted by atomic mass is 9.96. The van der Waals surface area contributed by atoms with Gasteiger partial charge in [0.25, 0.3) is 0 Å². The molecule has 22 heavy (non-hydrogen) atoms. The van der Waals surface area contributed by atoms with Crippen LogP contribution < -0.4 is 32.5 Å². The topological polar surface area (TPSA) is 224 Å². The number of carboxylic acids is 3. The van der Waals surface area contributed by atoms with Crippen molar-refractivity contribution in [3.05, 3.63) is 0 Å². The molecule has 0 radical (unpaired) electrons. The molecule has 0 aliphatic carbocycles. The summed E-state index contributed by atoms with van der Waals surface area (Å²) in [7, 11) is 0. The van der Waals surface area contributed by atoms with Gasteiger partial charge < -0.3 is 52.0 Å². The van der Waals surface area contributed by atoms with Crippen LogP contribution in [0.25, 0.3) is 0 Å². The van der Waals surface area contributed by atoms with Crippen molar-refractivity contribution in [2.75, 3.05) is 19.6 Å². The lowest BCUT2D eigenvalue weighted by molar-refractivity contribution is -0.362. The summed E-state index contributed by atoms with van der Waals surface area (Å²) < 4.78 is 0. The van der Waals surface area contributed by atoms with Crippen LogP contribution >= 0.6 is 0 Å². The average molecular weight is 327 g/mol. The van der Waals surface area contributed by atoms with E-state index in [1.807, 2.05) is 20.8 Å². The average Bonchev–Trinajstić information content (AvgIpc) is 2.29. The van der Waals surface area contributed by atoms with E-state index in [1.165, 1.54) is 0 Å². The first-order chi connectivity index (χ1) is 10.0. The number of hydrogen-bond donors (Lipinski definition) is 4. The Balaban J connectivity index is -0.000000148. The van der Waals surface area contributed by atoms with Crippen LogP contribution in [-0.2, 0) is 14.4 Å². The molecule has 0 aliphatic heterocycles. The third-order valence-corrected chi connectivity index (χ3v) is 1.25. The zero-order valence-electron chi connectivity index (χ0n) is 13.6. The molecule has 0 aromatic carbocycles. The summed E-state index contributed by atoms with van der Waals surface area (Å²) in [6.45, 7) is 9.04. The second-order valence-corrected chi connectivity index (χ2v) is 3.92. The molecule has 0 atom stereocenters. The van der Waals surface area contributed by atoms with Crippen LogP contribution in [0.5, 0.6) is 0 Å². The van der Waals surface area contributed by atoms with Crippen LogP contribution in [0.2, 0.25) is 0 Å². The van der Waals surface area contributed by atoms with Gasteiger partial charge in [0, 0.05) is 24.8 Å². The Kier molecular flexibility index (Phi) is 24.9. The van der Waals surface area contributed by atoms with E-state index in [2.05, 4.69) is 17.2 Å². The smallest absolute Gasteiger partial charge is 0.114 e. The van der Waals surface area contributed by atoms with E-state index in [0.29, 0.717) is 0 Å². The molecule has 0 saturated carbocycles. The van der Waals surface area contributed by atoms with Crippen molar-refractivity contribution in [2.45, 2.75) is 39.2 Å². The third kappa shape index (κ3) is 26.7. The summed E-state index contributed by atoms with van der Waals surface area (Å²) in [6.07, 6.45) is -2.72. The number of hydrogen-bond acceptors (Lipinski definition) is 7. The van der Waals surface area contributed by atoms with Crippen molar-refractivity contribution >= 4 is 17.9 Å². The second-order valence-electron chi connectivity index (χ2n) is 3.92. The summed E-state index contributed by atoms with van der Waals surface area (Å²) >= 11 is 0. The molecule has 0 rings (SSSR count). The van der Waals surface area contributed by atoms with Crippen LogP contribution in [-0.4, -0.2) is 48.2 Å². The molecule has 0 amide bonds. The lowest BCUT2D eigenvalue weighted by Crippen LogP contribution is -2.54. The Bertz CT molecular complexity index is 278. The maximum Gasteiger partial charge on any atom is 0.114 e. The molecule has 0 heterocycles. The van der Waals surface area contributed by atoms with Crippen molar-refractivity contribution in [1.82, 2.24) is 0 Å². The number of carbonyl (C=O) groups is 3. The zero-order chi connectivity index (χ0) is 18.8. The maximum atomic E-state index is 10.1. The first kappa shape index (κ1) is 28.4. The van der Waals surface area contributed by atoms with Gasteiger partial charge in [-0.25, -0.2) is 0 Å². The SMILES string of the molecule is CC[NH3+].CC[NH3+].CC[NH3+].O=C([O-])CC(O)(CC(=O)[O-])C(=O)[O-]. The van der Waals surface area contributed by atoms with E-state index in [4.69, 9.17) is 5.11 Å². The summed E-state index contributed by atoms with van der Waals surface area (Å²) in [6, 6.07) is 0. The molecule has 0 aromatic rings. The molecule has 0 fully saturated rings. The predicted molar refractivity (Wildman–Crippen MR) is 69.5 cm³/mol. The van der Waals surface area contributed by atoms with E-state index in [1.54, 1.807) is 0 Å². The van der Waals surface area contributed by atoms with E-state index in [0.717, 1.165) is 19.6 Å². The number of aliphatic hydroxyl groups is 1. The molecule has 0 spiro atoms. The van der Waals surface area contributed by atoms with E-state index in [9.17, 15) is 29.7 Å². The Morgan fingerprint density at radius 2 is 1.00 bits per heavy atom. The highest BCUT2D eigenvalue weighted by Crippen LogP contribution is 2.13. The van der Waals surface area contributed by atoms with Crippen LogP contribution in [0, 0.1) is 0 Å². The predicted octanol–water partition coefficient (Wildman–Crippen LogP) is -7.51. The quantitative estimate of drug-likeness (QED) is 0.381. The van der Waals surface area contributed by atoms with Gasteiger partial charge in [-0.2, -0.15) is 0 Å². The summed E-state index contributed by atoms with van der Waals surface area (Å²) in [4.78, 5) is 30.0. The summed E-state index contributed by atoms with van der Waals surface area (Å²) in [5.41, 5.74) is 7.48. The van der Waals surface area contributed by atoms with Gasteiger partial charge in [0.05, 0.1) is 25.6 Å².